The molecule has 5 nitrogen and oxygen atoms in total. The van der Waals surface area contributed by atoms with Crippen molar-refractivity contribution in [3.8, 4) is 5.75 Å². The van der Waals surface area contributed by atoms with Gasteiger partial charge >= 0.3 is 0 Å². The molecule has 1 amide bonds. The predicted molar refractivity (Wildman–Crippen MR) is 102 cm³/mol. The number of rotatable bonds is 7. The van der Waals surface area contributed by atoms with Crippen molar-refractivity contribution >= 4 is 12.0 Å². The van der Waals surface area contributed by atoms with Crippen molar-refractivity contribution in [2.75, 3.05) is 33.3 Å². The largest absolute Gasteiger partial charge is 0.497 e. The van der Waals surface area contributed by atoms with E-state index in [1.165, 1.54) is 24.5 Å². The molecular weight excluding hydrogens is 328 g/mol. The average molecular weight is 354 g/mol. The van der Waals surface area contributed by atoms with E-state index in [2.05, 4.69) is 34.5 Å². The minimum atomic E-state index is -0.0599. The number of benzene rings is 1. The molecule has 1 fully saturated rings. The molecule has 0 saturated carbocycles. The van der Waals surface area contributed by atoms with Crippen LogP contribution in [-0.2, 0) is 0 Å². The smallest absolute Gasteiger partial charge is 0.254 e. The highest BCUT2D eigenvalue weighted by Crippen LogP contribution is 2.17. The third-order valence-electron chi connectivity index (χ3n) is 4.73. The van der Waals surface area contributed by atoms with Crippen LogP contribution in [0, 0.1) is 5.92 Å². The molecule has 138 valence electrons. The number of carbonyl (C=O) groups excluding carboxylic acids is 1. The van der Waals surface area contributed by atoms with Crippen molar-refractivity contribution in [3.05, 3.63) is 60.1 Å². The molecule has 1 aliphatic rings. The molecule has 1 atom stereocenters. The summed E-state index contributed by atoms with van der Waals surface area (Å²) >= 11 is 0. The number of piperidine rings is 1. The van der Waals surface area contributed by atoms with Crippen molar-refractivity contribution in [2.45, 2.75) is 12.8 Å². The molecule has 26 heavy (non-hydrogen) atoms. The molecule has 0 spiro atoms. The first kappa shape index (κ1) is 18.3. The SMILES string of the molecule is COc1ccc(/C=C/CN2CCC[C@H](CNC(=O)c3ccoc3)C2)cc1. The van der Waals surface area contributed by atoms with Crippen LogP contribution in [0.3, 0.4) is 0 Å². The Hall–Kier alpha value is -2.53. The fraction of sp³-hybridized carbons (Fsp3) is 0.381. The van der Waals surface area contributed by atoms with Gasteiger partial charge < -0.3 is 14.5 Å². The van der Waals surface area contributed by atoms with Crippen LogP contribution in [0.4, 0.5) is 0 Å². The van der Waals surface area contributed by atoms with Crippen molar-refractivity contribution in [1.29, 1.82) is 0 Å². The van der Waals surface area contributed by atoms with E-state index in [9.17, 15) is 4.79 Å². The molecule has 2 heterocycles. The van der Waals surface area contributed by atoms with Crippen LogP contribution >= 0.6 is 0 Å². The number of furan rings is 1. The van der Waals surface area contributed by atoms with E-state index in [0.29, 0.717) is 18.0 Å². The van der Waals surface area contributed by atoms with Gasteiger partial charge in [-0.15, -0.1) is 0 Å². The van der Waals surface area contributed by atoms with Gasteiger partial charge in [0, 0.05) is 19.6 Å². The first-order valence-corrected chi connectivity index (χ1v) is 9.08. The number of nitrogens with zero attached hydrogens (tertiary/aromatic N) is 1. The predicted octanol–water partition coefficient (Wildman–Crippen LogP) is 3.44. The fourth-order valence-corrected chi connectivity index (χ4v) is 3.27. The van der Waals surface area contributed by atoms with Gasteiger partial charge in [-0.2, -0.15) is 0 Å². The van der Waals surface area contributed by atoms with E-state index < -0.39 is 0 Å². The monoisotopic (exact) mass is 354 g/mol. The summed E-state index contributed by atoms with van der Waals surface area (Å²) in [6.45, 7) is 3.76. The maximum absolute atomic E-state index is 12.0. The normalized spacial score (nSPS) is 18.1. The standard InChI is InChI=1S/C21H26N2O3/c1-25-20-8-6-17(7-9-20)4-2-11-23-12-3-5-18(15-23)14-22-21(24)19-10-13-26-16-19/h2,4,6-10,13,16,18H,3,5,11-12,14-15H2,1H3,(H,22,24)/b4-2+/t18-/m1/s1. The van der Waals surface area contributed by atoms with Crippen LogP contribution < -0.4 is 10.1 Å². The summed E-state index contributed by atoms with van der Waals surface area (Å²) in [4.78, 5) is 14.4. The molecule has 1 aromatic heterocycles. The lowest BCUT2D eigenvalue weighted by Crippen LogP contribution is -2.40. The third kappa shape index (κ3) is 5.23. The Labute approximate surface area is 154 Å². The van der Waals surface area contributed by atoms with E-state index >= 15 is 0 Å². The highest BCUT2D eigenvalue weighted by molar-refractivity contribution is 5.93. The van der Waals surface area contributed by atoms with Crippen molar-refractivity contribution in [1.82, 2.24) is 10.2 Å². The molecule has 1 aliphatic heterocycles. The lowest BCUT2D eigenvalue weighted by atomic mass is 9.98. The summed E-state index contributed by atoms with van der Waals surface area (Å²) in [5, 5.41) is 3.01. The van der Waals surface area contributed by atoms with Gasteiger partial charge in [-0.1, -0.05) is 24.3 Å². The molecule has 0 unspecified atom stereocenters. The Morgan fingerprint density at radius 2 is 2.19 bits per heavy atom. The maximum atomic E-state index is 12.0. The second kappa shape index (κ2) is 9.25. The molecule has 1 aromatic carbocycles. The summed E-state index contributed by atoms with van der Waals surface area (Å²) in [6.07, 6.45) is 9.67. The molecule has 1 saturated heterocycles. The Morgan fingerprint density at radius 3 is 2.92 bits per heavy atom. The molecule has 2 aromatic rings. The number of carbonyl (C=O) groups is 1. The number of hydrogen-bond donors (Lipinski definition) is 1. The highest BCUT2D eigenvalue weighted by Gasteiger charge is 2.20. The minimum absolute atomic E-state index is 0.0599. The molecule has 0 aliphatic carbocycles. The van der Waals surface area contributed by atoms with Crippen molar-refractivity contribution in [2.24, 2.45) is 5.92 Å². The molecule has 1 N–H and O–H groups in total. The van der Waals surface area contributed by atoms with Crippen molar-refractivity contribution in [3.63, 3.8) is 0 Å². The van der Waals surface area contributed by atoms with Gasteiger partial charge in [-0.3, -0.25) is 9.69 Å². The zero-order chi connectivity index (χ0) is 18.2. The van der Waals surface area contributed by atoms with Gasteiger partial charge in [-0.25, -0.2) is 0 Å². The number of likely N-dealkylation sites (tertiary alicyclic amines) is 1. The van der Waals surface area contributed by atoms with Gasteiger partial charge in [0.15, 0.2) is 0 Å². The fourth-order valence-electron chi connectivity index (χ4n) is 3.27. The van der Waals surface area contributed by atoms with Gasteiger partial charge in [0.25, 0.3) is 5.91 Å². The molecular formula is C21H26N2O3. The Kier molecular flexibility index (Phi) is 6.50. The number of ether oxygens (including phenoxy) is 1. The van der Waals surface area contributed by atoms with E-state index in [0.717, 1.165) is 31.8 Å². The zero-order valence-electron chi connectivity index (χ0n) is 15.2. The lowest BCUT2D eigenvalue weighted by Gasteiger charge is -2.32. The highest BCUT2D eigenvalue weighted by atomic mass is 16.5. The Bertz CT molecular complexity index is 707. The Morgan fingerprint density at radius 1 is 1.35 bits per heavy atom. The maximum Gasteiger partial charge on any atom is 0.254 e. The molecule has 3 rings (SSSR count). The quantitative estimate of drug-likeness (QED) is 0.827. The van der Waals surface area contributed by atoms with E-state index in [1.807, 2.05) is 12.1 Å². The molecule has 0 radical (unpaired) electrons. The number of amides is 1. The van der Waals surface area contributed by atoms with Crippen LogP contribution in [0.1, 0.15) is 28.8 Å². The van der Waals surface area contributed by atoms with Crippen LogP contribution in [-0.4, -0.2) is 44.1 Å². The summed E-state index contributed by atoms with van der Waals surface area (Å²) in [6, 6.07) is 9.74. The molecule has 5 heteroatoms. The molecule has 0 bridgehead atoms. The topological polar surface area (TPSA) is 54.7 Å². The average Bonchev–Trinajstić information content (AvgIpc) is 3.22. The van der Waals surface area contributed by atoms with Crippen molar-refractivity contribution < 1.29 is 13.9 Å². The van der Waals surface area contributed by atoms with Gasteiger partial charge in [0.2, 0.25) is 0 Å². The first-order chi connectivity index (χ1) is 12.7. The summed E-state index contributed by atoms with van der Waals surface area (Å²) in [7, 11) is 1.68. The van der Waals surface area contributed by atoms with E-state index in [1.54, 1.807) is 13.2 Å². The van der Waals surface area contributed by atoms with Crippen LogP contribution in [0.2, 0.25) is 0 Å². The van der Waals surface area contributed by atoms with E-state index in [-0.39, 0.29) is 5.91 Å². The lowest BCUT2D eigenvalue weighted by molar-refractivity contribution is 0.0934. The summed E-state index contributed by atoms with van der Waals surface area (Å²) in [5.41, 5.74) is 1.76. The summed E-state index contributed by atoms with van der Waals surface area (Å²) < 4.78 is 10.1. The zero-order valence-corrected chi connectivity index (χ0v) is 15.2. The number of nitrogens with one attached hydrogen (secondary N) is 1. The first-order valence-electron chi connectivity index (χ1n) is 9.08. The second-order valence-corrected chi connectivity index (χ2v) is 6.67. The number of methoxy groups -OCH3 is 1. The van der Waals surface area contributed by atoms with Gasteiger partial charge in [0.1, 0.15) is 12.0 Å². The summed E-state index contributed by atoms with van der Waals surface area (Å²) in [5.74, 6) is 1.31. The van der Waals surface area contributed by atoms with E-state index in [4.69, 9.17) is 9.15 Å². The Balaban J connectivity index is 1.42. The van der Waals surface area contributed by atoms with Crippen LogP contribution in [0.5, 0.6) is 5.75 Å². The second-order valence-electron chi connectivity index (χ2n) is 6.67. The number of hydrogen-bond acceptors (Lipinski definition) is 4. The van der Waals surface area contributed by atoms with Crippen LogP contribution in [0.25, 0.3) is 6.08 Å². The van der Waals surface area contributed by atoms with Gasteiger partial charge in [-0.05, 0) is 49.1 Å². The van der Waals surface area contributed by atoms with Gasteiger partial charge in [0.05, 0.1) is 18.9 Å². The van der Waals surface area contributed by atoms with Crippen LogP contribution in [0.15, 0.2) is 53.4 Å². The minimum Gasteiger partial charge on any atom is -0.497 e. The third-order valence-corrected chi connectivity index (χ3v) is 4.73.